The molecule has 0 aliphatic carbocycles. The molecular weight excluding hydrogens is 398 g/mol. The van der Waals surface area contributed by atoms with E-state index in [2.05, 4.69) is 34.0 Å². The first kappa shape index (κ1) is 20.5. The molecule has 30 heavy (non-hydrogen) atoms. The second kappa shape index (κ2) is 8.55. The van der Waals surface area contributed by atoms with Crippen molar-refractivity contribution < 1.29 is 4.79 Å². The maximum Gasteiger partial charge on any atom is 0.273 e. The van der Waals surface area contributed by atoms with E-state index in [9.17, 15) is 9.59 Å². The van der Waals surface area contributed by atoms with Crippen LogP contribution < -0.4 is 15.8 Å². The summed E-state index contributed by atoms with van der Waals surface area (Å²) < 4.78 is 1.87. The number of carbonyl (C=O) groups is 1. The van der Waals surface area contributed by atoms with E-state index >= 15 is 0 Å². The number of para-hydroxylation sites is 1. The molecule has 1 aliphatic heterocycles. The highest BCUT2D eigenvalue weighted by Crippen LogP contribution is 2.29. The van der Waals surface area contributed by atoms with Crippen LogP contribution in [0, 0.1) is 12.8 Å². The summed E-state index contributed by atoms with van der Waals surface area (Å²) >= 11 is 1.37. The molecular formula is C22H27N5O2S. The van der Waals surface area contributed by atoms with Gasteiger partial charge in [0.15, 0.2) is 10.8 Å². The molecule has 8 heteroatoms. The van der Waals surface area contributed by atoms with Gasteiger partial charge in [0, 0.05) is 18.8 Å². The van der Waals surface area contributed by atoms with Crippen LogP contribution >= 0.6 is 11.3 Å². The monoisotopic (exact) mass is 425 g/mol. The average Bonchev–Trinajstić information content (AvgIpc) is 3.17. The summed E-state index contributed by atoms with van der Waals surface area (Å²) in [5, 5.41) is 3.81. The van der Waals surface area contributed by atoms with Crippen molar-refractivity contribution in [2.24, 2.45) is 5.92 Å². The Labute approximate surface area is 179 Å². The normalized spacial score (nSPS) is 16.8. The number of nitrogens with one attached hydrogen (secondary N) is 1. The van der Waals surface area contributed by atoms with Gasteiger partial charge in [0.1, 0.15) is 17.6 Å². The maximum absolute atomic E-state index is 13.0. The zero-order valence-corrected chi connectivity index (χ0v) is 18.5. The van der Waals surface area contributed by atoms with E-state index in [0.29, 0.717) is 16.3 Å². The van der Waals surface area contributed by atoms with Crippen molar-refractivity contribution in [3.63, 3.8) is 0 Å². The SMILES string of the molecule is CCc1cccc(C)c1NC(=O)Cn1cnc2nc(N3CCCC(C)C3)sc2c1=O. The fourth-order valence-corrected chi connectivity index (χ4v) is 4.99. The fourth-order valence-electron chi connectivity index (χ4n) is 3.98. The van der Waals surface area contributed by atoms with Crippen molar-refractivity contribution >= 4 is 38.4 Å². The van der Waals surface area contributed by atoms with Crippen molar-refractivity contribution in [1.82, 2.24) is 14.5 Å². The Morgan fingerprint density at radius 2 is 2.20 bits per heavy atom. The first-order valence-electron chi connectivity index (χ1n) is 10.5. The molecule has 1 amide bonds. The van der Waals surface area contributed by atoms with Gasteiger partial charge in [-0.05, 0) is 43.2 Å². The number of anilines is 2. The summed E-state index contributed by atoms with van der Waals surface area (Å²) in [6.45, 7) is 8.09. The number of hydrogen-bond donors (Lipinski definition) is 1. The van der Waals surface area contributed by atoms with Crippen molar-refractivity contribution in [3.05, 3.63) is 46.0 Å². The van der Waals surface area contributed by atoms with E-state index in [-0.39, 0.29) is 18.0 Å². The minimum atomic E-state index is -0.239. The highest BCUT2D eigenvalue weighted by Gasteiger charge is 2.21. The molecule has 3 heterocycles. The molecule has 1 saturated heterocycles. The van der Waals surface area contributed by atoms with Gasteiger partial charge in [-0.25, -0.2) is 4.98 Å². The number of aryl methyl sites for hydroxylation is 2. The molecule has 4 rings (SSSR count). The summed E-state index contributed by atoms with van der Waals surface area (Å²) in [5.41, 5.74) is 3.15. The number of thiazole rings is 1. The van der Waals surface area contributed by atoms with Gasteiger partial charge < -0.3 is 10.2 Å². The highest BCUT2D eigenvalue weighted by molar-refractivity contribution is 7.22. The Kier molecular flexibility index (Phi) is 5.85. The fraction of sp³-hybridized carbons (Fsp3) is 0.455. The van der Waals surface area contributed by atoms with Crippen molar-refractivity contribution in [1.29, 1.82) is 0 Å². The molecule has 7 nitrogen and oxygen atoms in total. The van der Waals surface area contributed by atoms with Gasteiger partial charge in [-0.15, -0.1) is 0 Å². The first-order valence-corrected chi connectivity index (χ1v) is 11.3. The molecule has 0 bridgehead atoms. The molecule has 1 atom stereocenters. The molecule has 0 spiro atoms. The number of fused-ring (bicyclic) bond motifs is 1. The lowest BCUT2D eigenvalue weighted by Crippen LogP contribution is -2.34. The molecule has 1 aromatic carbocycles. The summed E-state index contributed by atoms with van der Waals surface area (Å²) in [5.74, 6) is 0.380. The Bertz CT molecular complexity index is 1140. The Balaban J connectivity index is 1.56. The van der Waals surface area contributed by atoms with Gasteiger partial charge >= 0.3 is 0 Å². The Hall–Kier alpha value is -2.74. The summed E-state index contributed by atoms with van der Waals surface area (Å²) in [6.07, 6.45) is 4.60. The summed E-state index contributed by atoms with van der Waals surface area (Å²) in [7, 11) is 0. The van der Waals surface area contributed by atoms with E-state index < -0.39 is 0 Å². The zero-order valence-electron chi connectivity index (χ0n) is 17.6. The quantitative estimate of drug-likeness (QED) is 0.676. The number of amides is 1. The third-order valence-electron chi connectivity index (χ3n) is 5.62. The molecule has 158 valence electrons. The van der Waals surface area contributed by atoms with Gasteiger partial charge in [-0.3, -0.25) is 14.2 Å². The van der Waals surface area contributed by atoms with Crippen LogP contribution in [0.15, 0.2) is 29.3 Å². The van der Waals surface area contributed by atoms with Crippen LogP contribution in [0.5, 0.6) is 0 Å². The molecule has 1 fully saturated rings. The number of aromatic nitrogens is 3. The number of rotatable bonds is 5. The van der Waals surface area contributed by atoms with Gasteiger partial charge in [-0.1, -0.05) is 43.4 Å². The van der Waals surface area contributed by atoms with Crippen molar-refractivity contribution in [2.45, 2.75) is 46.6 Å². The van der Waals surface area contributed by atoms with Gasteiger partial charge in [-0.2, -0.15) is 4.98 Å². The lowest BCUT2D eigenvalue weighted by atomic mass is 10.0. The van der Waals surface area contributed by atoms with Gasteiger partial charge in [0.2, 0.25) is 5.91 Å². The van der Waals surface area contributed by atoms with Crippen LogP contribution in [0.4, 0.5) is 10.8 Å². The van der Waals surface area contributed by atoms with Crippen LogP contribution in [0.25, 0.3) is 10.3 Å². The summed E-state index contributed by atoms with van der Waals surface area (Å²) in [6, 6.07) is 5.95. The largest absolute Gasteiger partial charge is 0.348 e. The van der Waals surface area contributed by atoms with E-state index in [1.807, 2.05) is 25.1 Å². The lowest BCUT2D eigenvalue weighted by molar-refractivity contribution is -0.116. The number of carbonyl (C=O) groups excluding carboxylic acids is 1. The Morgan fingerprint density at radius 3 is 2.97 bits per heavy atom. The van der Waals surface area contributed by atoms with Crippen molar-refractivity contribution in [3.8, 4) is 0 Å². The highest BCUT2D eigenvalue weighted by atomic mass is 32.1. The van der Waals surface area contributed by atoms with E-state index in [0.717, 1.165) is 47.9 Å². The molecule has 1 N–H and O–H groups in total. The lowest BCUT2D eigenvalue weighted by Gasteiger charge is -2.30. The van der Waals surface area contributed by atoms with Crippen LogP contribution in [-0.2, 0) is 17.8 Å². The van der Waals surface area contributed by atoms with E-state index in [1.54, 1.807) is 0 Å². The smallest absolute Gasteiger partial charge is 0.273 e. The number of benzene rings is 1. The molecule has 1 unspecified atom stereocenters. The Morgan fingerprint density at radius 1 is 1.37 bits per heavy atom. The number of nitrogens with zero attached hydrogens (tertiary/aromatic N) is 4. The third kappa shape index (κ3) is 4.09. The summed E-state index contributed by atoms with van der Waals surface area (Å²) in [4.78, 5) is 36.8. The standard InChI is InChI=1S/C22H27N5O2S/c1-4-16-9-5-8-15(3)18(16)24-17(28)12-27-13-23-20-19(21(27)29)30-22(25-20)26-10-6-7-14(2)11-26/h5,8-9,13-14H,4,6-7,10-12H2,1-3H3,(H,24,28). The number of hydrogen-bond acceptors (Lipinski definition) is 6. The molecule has 0 saturated carbocycles. The second-order valence-corrected chi connectivity index (χ2v) is 9.01. The molecule has 1 aliphatic rings. The molecule has 0 radical (unpaired) electrons. The van der Waals surface area contributed by atoms with Gasteiger partial charge in [0.25, 0.3) is 5.56 Å². The van der Waals surface area contributed by atoms with Crippen molar-refractivity contribution in [2.75, 3.05) is 23.3 Å². The maximum atomic E-state index is 13.0. The second-order valence-electron chi connectivity index (χ2n) is 8.03. The van der Waals surface area contributed by atoms with E-state index in [1.165, 1.54) is 28.7 Å². The first-order chi connectivity index (χ1) is 14.5. The van der Waals surface area contributed by atoms with Crippen LogP contribution in [0.2, 0.25) is 0 Å². The number of piperidine rings is 1. The average molecular weight is 426 g/mol. The van der Waals surface area contributed by atoms with Crippen LogP contribution in [0.3, 0.4) is 0 Å². The topological polar surface area (TPSA) is 80.1 Å². The predicted molar refractivity (Wildman–Crippen MR) is 121 cm³/mol. The minimum Gasteiger partial charge on any atom is -0.348 e. The van der Waals surface area contributed by atoms with Gasteiger partial charge in [0.05, 0.1) is 0 Å². The third-order valence-corrected chi connectivity index (χ3v) is 6.71. The predicted octanol–water partition coefficient (Wildman–Crippen LogP) is 3.60. The minimum absolute atomic E-state index is 0.0761. The zero-order chi connectivity index (χ0) is 21.3. The van der Waals surface area contributed by atoms with Crippen LogP contribution in [-0.4, -0.2) is 33.5 Å². The van der Waals surface area contributed by atoms with Crippen LogP contribution in [0.1, 0.15) is 37.8 Å². The molecule has 2 aromatic heterocycles. The molecule has 3 aromatic rings. The van der Waals surface area contributed by atoms with E-state index in [4.69, 9.17) is 0 Å².